The van der Waals surface area contributed by atoms with Crippen molar-refractivity contribution < 1.29 is 8.83 Å². The summed E-state index contributed by atoms with van der Waals surface area (Å²) in [4.78, 5) is 16.8. The van der Waals surface area contributed by atoms with Crippen molar-refractivity contribution in [3.8, 4) is 33.4 Å². The van der Waals surface area contributed by atoms with Gasteiger partial charge in [0.25, 0.3) is 0 Å². The van der Waals surface area contributed by atoms with Gasteiger partial charge in [-0.25, -0.2) is 4.98 Å². The number of hydrogen-bond acceptors (Lipinski definition) is 6. The van der Waals surface area contributed by atoms with Crippen LogP contribution in [0.5, 0.6) is 0 Å². The minimum absolute atomic E-state index is 0.0742. The zero-order chi connectivity index (χ0) is 63.6. The van der Waals surface area contributed by atoms with Crippen LogP contribution in [0.1, 0.15) is 80.7 Å². The number of nitrogens with zero attached hydrogens (tertiary/aromatic N) is 4. The van der Waals surface area contributed by atoms with Gasteiger partial charge in [0.2, 0.25) is 0 Å². The summed E-state index contributed by atoms with van der Waals surface area (Å²) in [5, 5.41) is 8.65. The summed E-state index contributed by atoms with van der Waals surface area (Å²) in [7, 11) is 0. The van der Waals surface area contributed by atoms with Gasteiger partial charge >= 0.3 is 0 Å². The van der Waals surface area contributed by atoms with Crippen molar-refractivity contribution in [2.75, 3.05) is 9.80 Å². The SMILES string of the molecule is Cc1ccc(C2(c3ccccc3)c3cc(N(c4ccc(-c5ccc6ccccc6c5)cc4)c4ccc(C(C)(C)C)cc4)c4c(oc5ccccc54)c3-c3c2nc(N(c2ccc(-c4ccc5ccccc5c4)cc2)c2ccc(C(C)(C)C)cc2)c2c3oc3ccccc32)nc1. The maximum atomic E-state index is 7.60. The first-order valence-electron chi connectivity index (χ1n) is 32.6. The van der Waals surface area contributed by atoms with Gasteiger partial charge in [0, 0.05) is 45.3 Å². The first kappa shape index (κ1) is 56.6. The molecule has 0 aliphatic heterocycles. The Morgan fingerprint density at radius 3 is 1.34 bits per heavy atom. The van der Waals surface area contributed by atoms with Gasteiger partial charge in [-0.3, -0.25) is 9.88 Å². The van der Waals surface area contributed by atoms with Crippen molar-refractivity contribution in [1.82, 2.24) is 9.97 Å². The highest BCUT2D eigenvalue weighted by molar-refractivity contribution is 6.24. The molecule has 452 valence electrons. The van der Waals surface area contributed by atoms with Gasteiger partial charge in [0.05, 0.1) is 33.4 Å². The molecule has 0 spiro atoms. The van der Waals surface area contributed by atoms with E-state index in [0.29, 0.717) is 5.58 Å². The monoisotopic (exact) mass is 1210 g/mol. The molecule has 16 aromatic rings. The second-order valence-electron chi connectivity index (χ2n) is 27.4. The standard InChI is InChI=1S/C88H68N4O2/c1-55-29-50-77(89-54-55)88(66-23-9-8-10-24-66)73-53-74(91(68-46-38-64(39-47-68)86(2,3)4)67-42-34-58(35-43-67)62-32-30-56-19-11-13-21-60(56)51-62)78-71-25-15-17-27-75(71)93-82(78)80(73)81-83-79(72-26-16-18-28-76(72)94-83)85(90-84(81)88)92(70-48-40-65(41-49-70)87(5,6)7)69-44-36-59(37-45-69)63-33-31-57-20-12-14-22-61(57)52-63/h8-54H,1-7H3. The Morgan fingerprint density at radius 1 is 0.383 bits per heavy atom. The highest BCUT2D eigenvalue weighted by Gasteiger charge is 2.53. The number of benzene rings is 12. The van der Waals surface area contributed by atoms with Crippen LogP contribution in [0, 0.1) is 6.92 Å². The molecule has 0 N–H and O–H groups in total. The lowest BCUT2D eigenvalue weighted by Gasteiger charge is -2.34. The highest BCUT2D eigenvalue weighted by atomic mass is 16.3. The summed E-state index contributed by atoms with van der Waals surface area (Å²) in [6.45, 7) is 15.7. The Labute approximate surface area is 547 Å². The molecule has 0 saturated heterocycles. The van der Waals surface area contributed by atoms with Crippen molar-refractivity contribution in [3.63, 3.8) is 0 Å². The number of para-hydroxylation sites is 2. The molecular weight excluding hydrogens is 1140 g/mol. The maximum Gasteiger partial charge on any atom is 0.149 e. The van der Waals surface area contributed by atoms with Crippen molar-refractivity contribution in [2.24, 2.45) is 0 Å². The molecule has 0 bridgehead atoms. The van der Waals surface area contributed by atoms with Crippen molar-refractivity contribution in [1.29, 1.82) is 0 Å². The van der Waals surface area contributed by atoms with Gasteiger partial charge in [0.15, 0.2) is 0 Å². The Bertz CT molecular complexity index is 5310. The minimum Gasteiger partial charge on any atom is -0.455 e. The largest absolute Gasteiger partial charge is 0.455 e. The fourth-order valence-electron chi connectivity index (χ4n) is 14.6. The molecule has 94 heavy (non-hydrogen) atoms. The van der Waals surface area contributed by atoms with E-state index in [1.807, 2.05) is 6.20 Å². The lowest BCUT2D eigenvalue weighted by molar-refractivity contribution is 0.590. The Morgan fingerprint density at radius 2 is 0.830 bits per heavy atom. The number of hydrogen-bond donors (Lipinski definition) is 0. The molecule has 0 radical (unpaired) electrons. The fourth-order valence-corrected chi connectivity index (χ4v) is 14.6. The molecule has 0 amide bonds. The van der Waals surface area contributed by atoms with E-state index in [4.69, 9.17) is 18.8 Å². The van der Waals surface area contributed by atoms with Crippen LogP contribution in [0.25, 0.3) is 98.8 Å². The quantitative estimate of drug-likeness (QED) is 0.136. The average Bonchev–Trinajstić information content (AvgIpc) is 1.50. The molecule has 4 aromatic heterocycles. The van der Waals surface area contributed by atoms with E-state index in [1.54, 1.807) is 0 Å². The van der Waals surface area contributed by atoms with E-state index in [-0.39, 0.29) is 10.8 Å². The lowest BCUT2D eigenvalue weighted by Crippen LogP contribution is -2.31. The zero-order valence-corrected chi connectivity index (χ0v) is 53.7. The third-order valence-electron chi connectivity index (χ3n) is 19.5. The summed E-state index contributed by atoms with van der Waals surface area (Å²) >= 11 is 0. The summed E-state index contributed by atoms with van der Waals surface area (Å²) in [6.07, 6.45) is 2.00. The maximum absolute atomic E-state index is 7.60. The zero-order valence-electron chi connectivity index (χ0n) is 53.7. The van der Waals surface area contributed by atoms with E-state index >= 15 is 0 Å². The summed E-state index contributed by atoms with van der Waals surface area (Å²) < 4.78 is 15.2. The van der Waals surface area contributed by atoms with Gasteiger partial charge in [-0.15, -0.1) is 0 Å². The third-order valence-corrected chi connectivity index (χ3v) is 19.5. The summed E-state index contributed by atoms with van der Waals surface area (Å²) in [6, 6.07) is 101. The van der Waals surface area contributed by atoms with Crippen LogP contribution in [0.3, 0.4) is 0 Å². The second kappa shape index (κ2) is 21.6. The fraction of sp³-hybridized carbons (Fsp3) is 0.114. The van der Waals surface area contributed by atoms with Crippen LogP contribution in [0.2, 0.25) is 0 Å². The highest BCUT2D eigenvalue weighted by Crippen LogP contribution is 2.63. The first-order valence-corrected chi connectivity index (χ1v) is 32.6. The molecule has 6 heteroatoms. The number of fused-ring (bicyclic) bond motifs is 13. The van der Waals surface area contributed by atoms with E-state index in [9.17, 15) is 0 Å². The lowest BCUT2D eigenvalue weighted by atomic mass is 9.71. The topological polar surface area (TPSA) is 58.5 Å². The molecule has 12 aromatic carbocycles. The van der Waals surface area contributed by atoms with Gasteiger partial charge in [0.1, 0.15) is 33.6 Å². The number of furan rings is 2. The predicted molar refractivity (Wildman–Crippen MR) is 391 cm³/mol. The van der Waals surface area contributed by atoms with E-state index in [1.165, 1.54) is 32.7 Å². The molecule has 6 nitrogen and oxygen atoms in total. The smallest absolute Gasteiger partial charge is 0.149 e. The third kappa shape index (κ3) is 9.14. The van der Waals surface area contributed by atoms with E-state index in [2.05, 4.69) is 337 Å². The first-order chi connectivity index (χ1) is 45.8. The predicted octanol–water partition coefficient (Wildman–Crippen LogP) is 24.1. The Hall–Kier alpha value is -11.3. The molecule has 1 aliphatic rings. The summed E-state index contributed by atoms with van der Waals surface area (Å²) in [5.74, 6) is 0.731. The van der Waals surface area contributed by atoms with Crippen LogP contribution in [-0.2, 0) is 16.2 Å². The number of rotatable bonds is 10. The molecule has 4 heterocycles. The summed E-state index contributed by atoms with van der Waals surface area (Å²) in [5.41, 5.74) is 20.0. The Kier molecular flexibility index (Phi) is 13.0. The van der Waals surface area contributed by atoms with Crippen LogP contribution >= 0.6 is 0 Å². The molecule has 17 rings (SSSR count). The van der Waals surface area contributed by atoms with Crippen molar-refractivity contribution in [3.05, 3.63) is 324 Å². The van der Waals surface area contributed by atoms with Crippen LogP contribution in [-0.4, -0.2) is 9.97 Å². The van der Waals surface area contributed by atoms with Gasteiger partial charge in [-0.2, -0.15) is 0 Å². The van der Waals surface area contributed by atoms with E-state index in [0.717, 1.165) is 134 Å². The number of pyridine rings is 2. The van der Waals surface area contributed by atoms with Gasteiger partial charge < -0.3 is 13.7 Å². The number of aryl methyl sites for hydroxylation is 1. The number of anilines is 6. The molecule has 0 fully saturated rings. The van der Waals surface area contributed by atoms with Crippen LogP contribution in [0.4, 0.5) is 34.3 Å². The van der Waals surface area contributed by atoms with Gasteiger partial charge in [-0.1, -0.05) is 236 Å². The van der Waals surface area contributed by atoms with Crippen LogP contribution < -0.4 is 9.80 Å². The molecule has 1 atom stereocenters. The van der Waals surface area contributed by atoms with Gasteiger partial charge in [-0.05, 0) is 174 Å². The van der Waals surface area contributed by atoms with Crippen molar-refractivity contribution in [2.45, 2.75) is 64.7 Å². The molecule has 1 aliphatic carbocycles. The van der Waals surface area contributed by atoms with Crippen LogP contribution in [0.15, 0.2) is 294 Å². The molecule has 1 unspecified atom stereocenters. The normalized spacial score (nSPS) is 13.9. The number of aromatic nitrogens is 2. The molecular formula is C88H68N4O2. The Balaban J connectivity index is 0.983. The average molecular weight is 1210 g/mol. The van der Waals surface area contributed by atoms with E-state index < -0.39 is 5.41 Å². The van der Waals surface area contributed by atoms with Crippen molar-refractivity contribution >= 4 is 99.7 Å². The molecule has 0 saturated carbocycles. The minimum atomic E-state index is -1.17. The second-order valence-corrected chi connectivity index (χ2v) is 27.4.